The van der Waals surface area contributed by atoms with Crippen molar-refractivity contribution in [3.8, 4) is 0 Å². The standard InChI is InChI=1S/C38H58N4O4S2/c1-5-29(3)35(41-37(45)31-17-15-21-39-27-31)33(43)19-25-47-23-13-11-9-7-8-10-12-14-24-48-26-20-34(44)36(30(4)6-2)42-38(46)32-18-16-22-40-28-32/h15-18,21-22,27-30,35-36H,5-14,19-20,23-26H2,1-4H3,(H,41,45)(H,42,46)/t29-,30-,35-,36-/m0/s1. The number of thioether (sulfide) groups is 2. The van der Waals surface area contributed by atoms with E-state index in [1.165, 1.54) is 63.8 Å². The summed E-state index contributed by atoms with van der Waals surface area (Å²) in [4.78, 5) is 59.0. The third-order valence-corrected chi connectivity index (χ3v) is 11.0. The van der Waals surface area contributed by atoms with Gasteiger partial charge in [-0.2, -0.15) is 23.5 Å². The number of rotatable bonds is 27. The van der Waals surface area contributed by atoms with Gasteiger partial charge >= 0.3 is 0 Å². The minimum absolute atomic E-state index is 0.0886. The van der Waals surface area contributed by atoms with E-state index in [2.05, 4.69) is 20.6 Å². The van der Waals surface area contributed by atoms with Gasteiger partial charge in [0.05, 0.1) is 23.2 Å². The SMILES string of the molecule is CC[C@H](C)[C@H](NC(=O)c1cccnc1)C(=O)CCSCCCCCCCCCCSCCC(=O)[C@@H](NC(=O)c1cccnc1)[C@@H](C)CC. The van der Waals surface area contributed by atoms with E-state index in [4.69, 9.17) is 0 Å². The molecule has 0 spiro atoms. The van der Waals surface area contributed by atoms with Crippen molar-refractivity contribution >= 4 is 46.9 Å². The maximum absolute atomic E-state index is 12.9. The number of nitrogens with one attached hydrogen (secondary N) is 2. The zero-order valence-electron chi connectivity index (χ0n) is 29.6. The van der Waals surface area contributed by atoms with Gasteiger partial charge in [0.15, 0.2) is 11.6 Å². The third kappa shape index (κ3) is 16.6. The number of ketones is 2. The molecule has 0 aliphatic rings. The van der Waals surface area contributed by atoms with Crippen molar-refractivity contribution in [2.24, 2.45) is 11.8 Å². The van der Waals surface area contributed by atoms with Gasteiger partial charge in [0.25, 0.3) is 11.8 Å². The molecule has 2 N–H and O–H groups in total. The lowest BCUT2D eigenvalue weighted by Crippen LogP contribution is -2.45. The van der Waals surface area contributed by atoms with Gasteiger partial charge < -0.3 is 10.6 Å². The number of Topliss-reactive ketones (excluding diaryl/α,β-unsaturated/α-hetero) is 2. The van der Waals surface area contributed by atoms with Crippen LogP contribution in [0.1, 0.15) is 125 Å². The number of carbonyl (C=O) groups is 4. The monoisotopic (exact) mass is 698 g/mol. The fraction of sp³-hybridized carbons (Fsp3) is 0.632. The van der Waals surface area contributed by atoms with E-state index in [1.54, 1.807) is 36.7 Å². The van der Waals surface area contributed by atoms with Gasteiger partial charge in [-0.3, -0.25) is 29.1 Å². The summed E-state index contributed by atoms with van der Waals surface area (Å²) in [7, 11) is 0. The molecule has 0 fully saturated rings. The number of unbranched alkanes of at least 4 members (excludes halogenated alkanes) is 7. The Morgan fingerprint density at radius 3 is 1.31 bits per heavy atom. The molecule has 4 atom stereocenters. The maximum atomic E-state index is 12.9. The first-order valence-electron chi connectivity index (χ1n) is 17.9. The van der Waals surface area contributed by atoms with Crippen LogP contribution in [0.15, 0.2) is 49.1 Å². The summed E-state index contributed by atoms with van der Waals surface area (Å²) in [5.74, 6) is 3.64. The molecule has 48 heavy (non-hydrogen) atoms. The number of pyridine rings is 2. The Labute approximate surface area is 297 Å². The fourth-order valence-corrected chi connectivity index (χ4v) is 7.24. The summed E-state index contributed by atoms with van der Waals surface area (Å²) >= 11 is 3.67. The van der Waals surface area contributed by atoms with E-state index in [0.29, 0.717) is 24.0 Å². The largest absolute Gasteiger partial charge is 0.342 e. The molecule has 0 aliphatic heterocycles. The van der Waals surface area contributed by atoms with Crippen molar-refractivity contribution < 1.29 is 19.2 Å². The number of nitrogens with zero attached hydrogens (tertiary/aromatic N) is 2. The Morgan fingerprint density at radius 2 is 0.979 bits per heavy atom. The molecule has 8 nitrogen and oxygen atoms in total. The van der Waals surface area contributed by atoms with Gasteiger partial charge in [-0.1, -0.05) is 79.1 Å². The highest BCUT2D eigenvalue weighted by atomic mass is 32.2. The molecule has 2 aromatic rings. The smallest absolute Gasteiger partial charge is 0.253 e. The predicted octanol–water partition coefficient (Wildman–Crippen LogP) is 7.97. The van der Waals surface area contributed by atoms with Gasteiger partial charge in [-0.05, 0) is 60.4 Å². The third-order valence-electron chi connectivity index (χ3n) is 8.85. The first kappa shape index (κ1) is 41.5. The minimum Gasteiger partial charge on any atom is -0.342 e. The number of aromatic nitrogens is 2. The Hall–Kier alpha value is -2.72. The van der Waals surface area contributed by atoms with E-state index in [-0.39, 0.29) is 35.2 Å². The van der Waals surface area contributed by atoms with Gasteiger partial charge in [0.1, 0.15) is 0 Å². The Bertz CT molecular complexity index is 1110. The van der Waals surface area contributed by atoms with E-state index >= 15 is 0 Å². The van der Waals surface area contributed by atoms with Crippen molar-refractivity contribution in [3.63, 3.8) is 0 Å². The molecular weight excluding hydrogens is 641 g/mol. The molecule has 0 bridgehead atoms. The van der Waals surface area contributed by atoms with Crippen LogP contribution < -0.4 is 10.6 Å². The Kier molecular flexibility index (Phi) is 21.8. The molecule has 0 unspecified atom stereocenters. The van der Waals surface area contributed by atoms with Crippen LogP contribution in [-0.2, 0) is 9.59 Å². The molecular formula is C38H58N4O4S2. The van der Waals surface area contributed by atoms with E-state index in [1.807, 2.05) is 51.2 Å². The molecule has 2 amide bonds. The van der Waals surface area contributed by atoms with Crippen LogP contribution in [0, 0.1) is 11.8 Å². The quantitative estimate of drug-likeness (QED) is 0.0903. The summed E-state index contributed by atoms with van der Waals surface area (Å²) in [5, 5.41) is 5.89. The van der Waals surface area contributed by atoms with Crippen LogP contribution >= 0.6 is 23.5 Å². The molecule has 0 saturated heterocycles. The molecule has 0 radical (unpaired) electrons. The molecule has 2 rings (SSSR count). The van der Waals surface area contributed by atoms with Gasteiger partial charge in [0.2, 0.25) is 0 Å². The number of amides is 2. The molecule has 2 heterocycles. The number of carbonyl (C=O) groups excluding carboxylic acids is 4. The zero-order valence-corrected chi connectivity index (χ0v) is 31.2. The second kappa shape index (κ2) is 25.3. The first-order chi connectivity index (χ1) is 23.3. The zero-order chi connectivity index (χ0) is 35.0. The lowest BCUT2D eigenvalue weighted by atomic mass is 9.94. The van der Waals surface area contributed by atoms with Gasteiger partial charge in [-0.25, -0.2) is 0 Å². The fourth-order valence-electron chi connectivity index (χ4n) is 5.32. The van der Waals surface area contributed by atoms with E-state index in [9.17, 15) is 19.2 Å². The van der Waals surface area contributed by atoms with Crippen LogP contribution in [-0.4, -0.2) is 68.4 Å². The van der Waals surface area contributed by atoms with Crippen LogP contribution in [0.3, 0.4) is 0 Å². The predicted molar refractivity (Wildman–Crippen MR) is 201 cm³/mol. The summed E-state index contributed by atoms with van der Waals surface area (Å²) in [6.07, 6.45) is 18.7. The van der Waals surface area contributed by atoms with E-state index < -0.39 is 12.1 Å². The lowest BCUT2D eigenvalue weighted by molar-refractivity contribution is -0.122. The average Bonchev–Trinajstić information content (AvgIpc) is 3.12. The van der Waals surface area contributed by atoms with Crippen LogP contribution in [0.5, 0.6) is 0 Å². The molecule has 10 heteroatoms. The Morgan fingerprint density at radius 1 is 0.604 bits per heavy atom. The average molecular weight is 699 g/mol. The Balaban J connectivity index is 1.46. The molecule has 0 aliphatic carbocycles. The first-order valence-corrected chi connectivity index (χ1v) is 20.2. The second-order valence-corrected chi connectivity index (χ2v) is 15.1. The molecule has 0 aromatic carbocycles. The highest BCUT2D eigenvalue weighted by Crippen LogP contribution is 2.17. The normalized spacial score (nSPS) is 13.7. The lowest BCUT2D eigenvalue weighted by Gasteiger charge is -2.23. The van der Waals surface area contributed by atoms with Crippen LogP contribution in [0.25, 0.3) is 0 Å². The van der Waals surface area contributed by atoms with Crippen LogP contribution in [0.4, 0.5) is 0 Å². The summed E-state index contributed by atoms with van der Waals surface area (Å²) in [6, 6.07) is 5.95. The van der Waals surface area contributed by atoms with Crippen molar-refractivity contribution in [3.05, 3.63) is 60.2 Å². The molecule has 266 valence electrons. The van der Waals surface area contributed by atoms with Crippen molar-refractivity contribution in [2.45, 2.75) is 117 Å². The summed E-state index contributed by atoms with van der Waals surface area (Å²) < 4.78 is 0. The topological polar surface area (TPSA) is 118 Å². The highest BCUT2D eigenvalue weighted by Gasteiger charge is 2.27. The van der Waals surface area contributed by atoms with Gasteiger partial charge in [-0.15, -0.1) is 0 Å². The molecule has 0 saturated carbocycles. The van der Waals surface area contributed by atoms with E-state index in [0.717, 1.165) is 35.9 Å². The molecule has 2 aromatic heterocycles. The van der Waals surface area contributed by atoms with Crippen molar-refractivity contribution in [1.82, 2.24) is 20.6 Å². The van der Waals surface area contributed by atoms with Crippen molar-refractivity contribution in [2.75, 3.05) is 23.0 Å². The van der Waals surface area contributed by atoms with Crippen molar-refractivity contribution in [1.29, 1.82) is 0 Å². The second-order valence-electron chi connectivity index (χ2n) is 12.6. The summed E-state index contributed by atoms with van der Waals surface area (Å²) in [6.45, 7) is 8.12. The number of hydrogen-bond acceptors (Lipinski definition) is 8. The highest BCUT2D eigenvalue weighted by molar-refractivity contribution is 7.99. The van der Waals surface area contributed by atoms with Gasteiger partial charge in [0, 0.05) is 49.1 Å². The minimum atomic E-state index is -0.461. The maximum Gasteiger partial charge on any atom is 0.253 e. The van der Waals surface area contributed by atoms with Crippen LogP contribution in [0.2, 0.25) is 0 Å². The summed E-state index contributed by atoms with van der Waals surface area (Å²) in [5.41, 5.74) is 0.955. The number of hydrogen-bond donors (Lipinski definition) is 2.